The van der Waals surface area contributed by atoms with E-state index in [-0.39, 0.29) is 6.61 Å². The first-order chi connectivity index (χ1) is 7.75. The highest BCUT2D eigenvalue weighted by Gasteiger charge is 2.36. The third-order valence-corrected chi connectivity index (χ3v) is 2.36. The topological polar surface area (TPSA) is 58.6 Å². The van der Waals surface area contributed by atoms with Crippen LogP contribution in [0, 0.1) is 0 Å². The van der Waals surface area contributed by atoms with Crippen molar-refractivity contribution >= 4 is 23.6 Å². The van der Waals surface area contributed by atoms with Crippen molar-refractivity contribution < 1.29 is 14.4 Å². The van der Waals surface area contributed by atoms with Crippen LogP contribution in [0.15, 0.2) is 24.3 Å². The second-order valence-electron chi connectivity index (χ2n) is 3.17. The number of fused-ring (bicyclic) bond motifs is 1. The Bertz CT molecular complexity index is 401. The summed E-state index contributed by atoms with van der Waals surface area (Å²) in [7, 11) is 0. The fraction of sp³-hybridized carbons (Fsp3) is 0.200. The summed E-state index contributed by atoms with van der Waals surface area (Å²) in [4.78, 5) is 30.8. The van der Waals surface area contributed by atoms with Crippen LogP contribution in [0.4, 0.5) is 0 Å². The second-order valence-corrected chi connectivity index (χ2v) is 3.43. The first kappa shape index (κ1) is 11.1. The lowest BCUT2D eigenvalue weighted by Crippen LogP contribution is -2.32. The SMILES string of the molecule is O=C1c2ccccc2C(=O)N1OCCNCl. The molecule has 84 valence electrons. The van der Waals surface area contributed by atoms with Crippen molar-refractivity contribution in [3.05, 3.63) is 35.4 Å². The number of halogens is 1. The highest BCUT2D eigenvalue weighted by Crippen LogP contribution is 2.22. The second kappa shape index (κ2) is 4.61. The first-order valence-corrected chi connectivity index (χ1v) is 5.07. The quantitative estimate of drug-likeness (QED) is 0.484. The number of hydrogen-bond acceptors (Lipinski definition) is 4. The molecular formula is C10H9ClN2O3. The molecule has 0 spiro atoms. The van der Waals surface area contributed by atoms with Crippen molar-refractivity contribution in [3.63, 3.8) is 0 Å². The van der Waals surface area contributed by atoms with Gasteiger partial charge in [-0.25, -0.2) is 4.84 Å². The van der Waals surface area contributed by atoms with Gasteiger partial charge in [-0.2, -0.15) is 0 Å². The lowest BCUT2D eigenvalue weighted by Gasteiger charge is -2.12. The zero-order valence-corrected chi connectivity index (χ0v) is 9.03. The van der Waals surface area contributed by atoms with E-state index >= 15 is 0 Å². The maximum absolute atomic E-state index is 11.7. The van der Waals surface area contributed by atoms with Crippen molar-refractivity contribution in [2.24, 2.45) is 0 Å². The van der Waals surface area contributed by atoms with E-state index in [1.54, 1.807) is 24.3 Å². The number of imide groups is 1. The van der Waals surface area contributed by atoms with Gasteiger partial charge in [0.1, 0.15) is 0 Å². The van der Waals surface area contributed by atoms with Gasteiger partial charge in [-0.15, -0.1) is 5.06 Å². The molecule has 0 saturated heterocycles. The van der Waals surface area contributed by atoms with Crippen molar-refractivity contribution in [2.75, 3.05) is 13.2 Å². The average molecular weight is 241 g/mol. The van der Waals surface area contributed by atoms with Gasteiger partial charge in [0.15, 0.2) is 0 Å². The maximum Gasteiger partial charge on any atom is 0.285 e. The predicted molar refractivity (Wildman–Crippen MR) is 56.7 cm³/mol. The monoisotopic (exact) mass is 240 g/mol. The molecule has 16 heavy (non-hydrogen) atoms. The summed E-state index contributed by atoms with van der Waals surface area (Å²) in [6.45, 7) is 0.490. The Balaban J connectivity index is 2.15. The zero-order valence-electron chi connectivity index (χ0n) is 8.27. The Kier molecular flexibility index (Phi) is 3.19. The van der Waals surface area contributed by atoms with E-state index in [2.05, 4.69) is 4.84 Å². The summed E-state index contributed by atoms with van der Waals surface area (Å²) in [5.41, 5.74) is 0.734. The normalized spacial score (nSPS) is 14.4. The van der Waals surface area contributed by atoms with Crippen LogP contribution in [0.2, 0.25) is 0 Å². The summed E-state index contributed by atoms with van der Waals surface area (Å²) in [5.74, 6) is -0.870. The molecule has 2 amide bonds. The first-order valence-electron chi connectivity index (χ1n) is 4.70. The summed E-state index contributed by atoms with van der Waals surface area (Å²) in [5, 5.41) is 0.763. The van der Waals surface area contributed by atoms with Crippen LogP contribution in [0.3, 0.4) is 0 Å². The summed E-state index contributed by atoms with van der Waals surface area (Å²) < 4.78 is 0. The van der Waals surface area contributed by atoms with Crippen LogP contribution in [0.1, 0.15) is 20.7 Å². The molecule has 2 rings (SSSR count). The summed E-state index contributed by atoms with van der Waals surface area (Å²) in [6, 6.07) is 6.60. The lowest BCUT2D eigenvalue weighted by atomic mass is 10.1. The molecule has 1 heterocycles. The van der Waals surface area contributed by atoms with Gasteiger partial charge in [0, 0.05) is 6.54 Å². The van der Waals surface area contributed by atoms with Crippen LogP contribution < -0.4 is 4.84 Å². The van der Waals surface area contributed by atoms with Crippen molar-refractivity contribution in [1.82, 2.24) is 9.90 Å². The van der Waals surface area contributed by atoms with E-state index in [9.17, 15) is 9.59 Å². The molecule has 1 aliphatic rings. The van der Waals surface area contributed by atoms with E-state index in [1.807, 2.05) is 0 Å². The van der Waals surface area contributed by atoms with E-state index in [4.69, 9.17) is 16.6 Å². The van der Waals surface area contributed by atoms with Crippen LogP contribution in [0.5, 0.6) is 0 Å². The lowest BCUT2D eigenvalue weighted by molar-refractivity contribution is -0.0888. The third-order valence-electron chi connectivity index (χ3n) is 2.17. The van der Waals surface area contributed by atoms with Crippen LogP contribution in [-0.2, 0) is 4.84 Å². The van der Waals surface area contributed by atoms with Crippen molar-refractivity contribution in [3.8, 4) is 0 Å². The minimum absolute atomic E-state index is 0.148. The minimum Gasteiger partial charge on any atom is -0.266 e. The Morgan fingerprint density at radius 1 is 1.19 bits per heavy atom. The summed E-state index contributed by atoms with van der Waals surface area (Å²) in [6.07, 6.45) is 0. The number of nitrogens with zero attached hydrogens (tertiary/aromatic N) is 1. The molecule has 1 aliphatic heterocycles. The van der Waals surface area contributed by atoms with Gasteiger partial charge in [-0.05, 0) is 23.9 Å². The van der Waals surface area contributed by atoms with E-state index < -0.39 is 11.8 Å². The number of amides is 2. The van der Waals surface area contributed by atoms with E-state index in [0.29, 0.717) is 17.7 Å². The Labute approximate surface area is 97.0 Å². The van der Waals surface area contributed by atoms with Crippen LogP contribution in [-0.4, -0.2) is 30.0 Å². The molecule has 0 fully saturated rings. The molecule has 0 atom stereocenters. The molecule has 0 aliphatic carbocycles. The standard InChI is InChI=1S/C10H9ClN2O3/c11-12-5-6-16-13-9(14)7-3-1-2-4-8(7)10(13)15/h1-4,12H,5-6H2. The van der Waals surface area contributed by atoms with Gasteiger partial charge in [0.05, 0.1) is 17.7 Å². The summed E-state index contributed by atoms with van der Waals surface area (Å²) >= 11 is 5.23. The highest BCUT2D eigenvalue weighted by molar-refractivity contribution is 6.20. The number of rotatable bonds is 4. The molecule has 1 aromatic rings. The average Bonchev–Trinajstić information content (AvgIpc) is 2.55. The number of carbonyl (C=O) groups excluding carboxylic acids is 2. The fourth-order valence-electron chi connectivity index (χ4n) is 1.46. The largest absolute Gasteiger partial charge is 0.285 e. The Morgan fingerprint density at radius 2 is 1.75 bits per heavy atom. The molecule has 0 saturated carbocycles. The van der Waals surface area contributed by atoms with Gasteiger partial charge in [0.2, 0.25) is 0 Å². The number of hydroxylamine groups is 2. The molecule has 0 bridgehead atoms. The molecule has 6 heteroatoms. The van der Waals surface area contributed by atoms with Gasteiger partial charge in [-0.1, -0.05) is 12.1 Å². The minimum atomic E-state index is -0.435. The van der Waals surface area contributed by atoms with Gasteiger partial charge >= 0.3 is 0 Å². The Morgan fingerprint density at radius 3 is 2.25 bits per heavy atom. The van der Waals surface area contributed by atoms with Gasteiger partial charge in [0.25, 0.3) is 11.8 Å². The third kappa shape index (κ3) is 1.80. The highest BCUT2D eigenvalue weighted by atomic mass is 35.5. The van der Waals surface area contributed by atoms with Gasteiger partial charge < -0.3 is 0 Å². The van der Waals surface area contributed by atoms with E-state index in [0.717, 1.165) is 5.06 Å². The van der Waals surface area contributed by atoms with Crippen LogP contribution in [0.25, 0.3) is 0 Å². The predicted octanol–water partition coefficient (Wildman–Crippen LogP) is 0.958. The molecule has 1 aromatic carbocycles. The molecule has 1 N–H and O–H groups in total. The van der Waals surface area contributed by atoms with Crippen molar-refractivity contribution in [1.29, 1.82) is 0 Å². The Hall–Kier alpha value is -1.43. The number of benzene rings is 1. The number of carbonyl (C=O) groups is 2. The van der Waals surface area contributed by atoms with E-state index in [1.165, 1.54) is 0 Å². The molecular weight excluding hydrogens is 232 g/mol. The number of nitrogens with one attached hydrogen (secondary N) is 1. The molecule has 0 radical (unpaired) electrons. The molecule has 5 nitrogen and oxygen atoms in total. The maximum atomic E-state index is 11.7. The number of hydrogen-bond donors (Lipinski definition) is 1. The van der Waals surface area contributed by atoms with Crippen molar-refractivity contribution in [2.45, 2.75) is 0 Å². The van der Waals surface area contributed by atoms with Crippen LogP contribution >= 0.6 is 11.8 Å². The smallest absolute Gasteiger partial charge is 0.266 e. The van der Waals surface area contributed by atoms with Gasteiger partial charge in [-0.3, -0.25) is 14.4 Å². The molecule has 0 unspecified atom stereocenters. The zero-order chi connectivity index (χ0) is 11.5. The fourth-order valence-corrected chi connectivity index (χ4v) is 1.54. The molecule has 0 aromatic heterocycles.